The van der Waals surface area contributed by atoms with Crippen molar-refractivity contribution in [1.29, 1.82) is 0 Å². The summed E-state index contributed by atoms with van der Waals surface area (Å²) in [6.45, 7) is 0. The molecule has 64 valence electrons. The molecule has 0 saturated carbocycles. The van der Waals surface area contributed by atoms with Gasteiger partial charge < -0.3 is 0 Å². The molecule has 0 aliphatic heterocycles. The standard InChI is InChI=1S/C9H6ClN3/c10-8-5-12-9(13-6-8)7-1-3-11-4-2-7/h1-6H. The predicted octanol–water partition coefficient (Wildman–Crippen LogP) is 2.19. The van der Waals surface area contributed by atoms with Crippen LogP contribution in [-0.4, -0.2) is 15.0 Å². The number of aromatic nitrogens is 3. The highest BCUT2D eigenvalue weighted by Crippen LogP contribution is 2.13. The monoisotopic (exact) mass is 191 g/mol. The van der Waals surface area contributed by atoms with Gasteiger partial charge in [-0.15, -0.1) is 0 Å². The Morgan fingerprint density at radius 3 is 2.23 bits per heavy atom. The van der Waals surface area contributed by atoms with E-state index in [2.05, 4.69) is 15.0 Å². The van der Waals surface area contributed by atoms with Crippen LogP contribution in [0.5, 0.6) is 0 Å². The summed E-state index contributed by atoms with van der Waals surface area (Å²) in [5.74, 6) is 0.659. The molecule has 0 spiro atoms. The number of pyridine rings is 1. The van der Waals surface area contributed by atoms with E-state index in [9.17, 15) is 0 Å². The van der Waals surface area contributed by atoms with Gasteiger partial charge in [-0.2, -0.15) is 0 Å². The number of nitrogens with zero attached hydrogens (tertiary/aromatic N) is 3. The molecule has 2 heterocycles. The topological polar surface area (TPSA) is 38.7 Å². The van der Waals surface area contributed by atoms with Gasteiger partial charge in [0.2, 0.25) is 0 Å². The smallest absolute Gasteiger partial charge is 0.159 e. The maximum Gasteiger partial charge on any atom is 0.159 e. The largest absolute Gasteiger partial charge is 0.265 e. The summed E-state index contributed by atoms with van der Waals surface area (Å²) in [6, 6.07) is 3.70. The molecule has 2 aromatic heterocycles. The van der Waals surface area contributed by atoms with Crippen molar-refractivity contribution >= 4 is 11.6 Å². The highest BCUT2D eigenvalue weighted by molar-refractivity contribution is 6.30. The fraction of sp³-hybridized carbons (Fsp3) is 0. The van der Waals surface area contributed by atoms with Crippen LogP contribution in [0.3, 0.4) is 0 Å². The first kappa shape index (κ1) is 8.13. The Morgan fingerprint density at radius 2 is 1.62 bits per heavy atom. The van der Waals surface area contributed by atoms with E-state index in [0.29, 0.717) is 10.8 Å². The summed E-state index contributed by atoms with van der Waals surface area (Å²) in [5.41, 5.74) is 0.937. The zero-order valence-electron chi connectivity index (χ0n) is 6.68. The molecule has 2 rings (SSSR count). The molecule has 0 bridgehead atoms. The van der Waals surface area contributed by atoms with E-state index in [-0.39, 0.29) is 0 Å². The van der Waals surface area contributed by atoms with Crippen LogP contribution < -0.4 is 0 Å². The molecular weight excluding hydrogens is 186 g/mol. The van der Waals surface area contributed by atoms with E-state index in [0.717, 1.165) is 5.56 Å². The molecule has 0 atom stereocenters. The molecule has 0 saturated heterocycles. The van der Waals surface area contributed by atoms with Crippen LogP contribution in [0.2, 0.25) is 5.02 Å². The lowest BCUT2D eigenvalue weighted by atomic mass is 10.2. The summed E-state index contributed by atoms with van der Waals surface area (Å²) < 4.78 is 0. The van der Waals surface area contributed by atoms with Crippen LogP contribution in [0.25, 0.3) is 11.4 Å². The lowest BCUT2D eigenvalue weighted by Crippen LogP contribution is -1.87. The maximum atomic E-state index is 5.66. The maximum absolute atomic E-state index is 5.66. The number of hydrogen-bond acceptors (Lipinski definition) is 3. The zero-order chi connectivity index (χ0) is 9.10. The number of rotatable bonds is 1. The number of halogens is 1. The SMILES string of the molecule is Clc1cnc(-c2ccncc2)nc1. The van der Waals surface area contributed by atoms with Crippen LogP contribution in [0, 0.1) is 0 Å². The van der Waals surface area contributed by atoms with Crippen molar-refractivity contribution in [3.63, 3.8) is 0 Å². The van der Waals surface area contributed by atoms with Gasteiger partial charge in [0.25, 0.3) is 0 Å². The van der Waals surface area contributed by atoms with Crippen molar-refractivity contribution in [2.75, 3.05) is 0 Å². The lowest BCUT2D eigenvalue weighted by molar-refractivity contribution is 1.17. The number of hydrogen-bond donors (Lipinski definition) is 0. The van der Waals surface area contributed by atoms with Gasteiger partial charge in [0, 0.05) is 30.4 Å². The normalized spacial score (nSPS) is 9.92. The molecule has 0 N–H and O–H groups in total. The summed E-state index contributed by atoms with van der Waals surface area (Å²) in [4.78, 5) is 12.1. The second-order valence-corrected chi connectivity index (χ2v) is 2.90. The molecule has 0 fully saturated rings. The van der Waals surface area contributed by atoms with Crippen molar-refractivity contribution in [3.05, 3.63) is 41.9 Å². The first-order valence-corrected chi connectivity index (χ1v) is 4.12. The third-order valence-electron chi connectivity index (χ3n) is 1.56. The molecule has 0 unspecified atom stereocenters. The van der Waals surface area contributed by atoms with Gasteiger partial charge in [0.05, 0.1) is 5.02 Å². The highest BCUT2D eigenvalue weighted by Gasteiger charge is 1.98. The first-order valence-electron chi connectivity index (χ1n) is 3.74. The van der Waals surface area contributed by atoms with Gasteiger partial charge in [0.15, 0.2) is 5.82 Å². The molecule has 2 aromatic rings. The predicted molar refractivity (Wildman–Crippen MR) is 50.3 cm³/mol. The minimum atomic E-state index is 0.540. The molecule has 0 aromatic carbocycles. The van der Waals surface area contributed by atoms with Crippen molar-refractivity contribution in [2.24, 2.45) is 0 Å². The van der Waals surface area contributed by atoms with E-state index in [4.69, 9.17) is 11.6 Å². The van der Waals surface area contributed by atoms with E-state index in [1.54, 1.807) is 24.8 Å². The van der Waals surface area contributed by atoms with E-state index >= 15 is 0 Å². The minimum Gasteiger partial charge on any atom is -0.265 e. The Bertz CT molecular complexity index is 385. The Labute approximate surface area is 80.5 Å². The highest BCUT2D eigenvalue weighted by atomic mass is 35.5. The third kappa shape index (κ3) is 1.81. The molecule has 0 aliphatic rings. The summed E-state index contributed by atoms with van der Waals surface area (Å²) in [5, 5.41) is 0.540. The minimum absolute atomic E-state index is 0.540. The molecule has 0 amide bonds. The first-order chi connectivity index (χ1) is 6.36. The average Bonchev–Trinajstić information content (AvgIpc) is 2.20. The van der Waals surface area contributed by atoms with Gasteiger partial charge in [-0.3, -0.25) is 4.98 Å². The van der Waals surface area contributed by atoms with Gasteiger partial charge in [-0.05, 0) is 12.1 Å². The van der Waals surface area contributed by atoms with Gasteiger partial charge >= 0.3 is 0 Å². The lowest BCUT2D eigenvalue weighted by Gasteiger charge is -1.97. The Balaban J connectivity index is 2.42. The Morgan fingerprint density at radius 1 is 1.00 bits per heavy atom. The summed E-state index contributed by atoms with van der Waals surface area (Å²) in [6.07, 6.45) is 6.55. The van der Waals surface area contributed by atoms with E-state index < -0.39 is 0 Å². The van der Waals surface area contributed by atoms with Crippen LogP contribution in [0.15, 0.2) is 36.9 Å². The molecule has 0 radical (unpaired) electrons. The van der Waals surface area contributed by atoms with Gasteiger partial charge in [-0.25, -0.2) is 9.97 Å². The quantitative estimate of drug-likeness (QED) is 0.694. The van der Waals surface area contributed by atoms with Crippen LogP contribution in [0.1, 0.15) is 0 Å². The van der Waals surface area contributed by atoms with Crippen molar-refractivity contribution in [1.82, 2.24) is 15.0 Å². The molecule has 3 nitrogen and oxygen atoms in total. The van der Waals surface area contributed by atoms with Crippen LogP contribution >= 0.6 is 11.6 Å². The summed E-state index contributed by atoms with van der Waals surface area (Å²) in [7, 11) is 0. The third-order valence-corrected chi connectivity index (χ3v) is 1.75. The summed E-state index contributed by atoms with van der Waals surface area (Å²) >= 11 is 5.66. The van der Waals surface area contributed by atoms with Crippen molar-refractivity contribution in [3.8, 4) is 11.4 Å². The van der Waals surface area contributed by atoms with Crippen molar-refractivity contribution < 1.29 is 0 Å². The van der Waals surface area contributed by atoms with Gasteiger partial charge in [-0.1, -0.05) is 11.6 Å². The molecule has 0 aliphatic carbocycles. The van der Waals surface area contributed by atoms with E-state index in [1.165, 1.54) is 0 Å². The second-order valence-electron chi connectivity index (χ2n) is 2.46. The molecular formula is C9H6ClN3. The Kier molecular flexibility index (Phi) is 2.19. The zero-order valence-corrected chi connectivity index (χ0v) is 7.44. The van der Waals surface area contributed by atoms with Crippen molar-refractivity contribution in [2.45, 2.75) is 0 Å². The Hall–Kier alpha value is -1.48. The van der Waals surface area contributed by atoms with Gasteiger partial charge in [0.1, 0.15) is 0 Å². The fourth-order valence-corrected chi connectivity index (χ4v) is 1.06. The molecule has 4 heteroatoms. The van der Waals surface area contributed by atoms with E-state index in [1.807, 2.05) is 12.1 Å². The average molecular weight is 192 g/mol. The fourth-order valence-electron chi connectivity index (χ4n) is 0.962. The molecule has 13 heavy (non-hydrogen) atoms. The second kappa shape index (κ2) is 3.49. The van der Waals surface area contributed by atoms with Crippen LogP contribution in [0.4, 0.5) is 0 Å². The van der Waals surface area contributed by atoms with Crippen LogP contribution in [-0.2, 0) is 0 Å².